The third-order valence-electron chi connectivity index (χ3n) is 5.14. The van der Waals surface area contributed by atoms with Gasteiger partial charge in [-0.15, -0.1) is 0 Å². The van der Waals surface area contributed by atoms with E-state index in [9.17, 15) is 0 Å². The van der Waals surface area contributed by atoms with Crippen molar-refractivity contribution in [3.8, 4) is 0 Å². The van der Waals surface area contributed by atoms with E-state index in [0.717, 1.165) is 24.0 Å². The van der Waals surface area contributed by atoms with Gasteiger partial charge in [-0.1, -0.05) is 27.7 Å². The summed E-state index contributed by atoms with van der Waals surface area (Å²) in [4.78, 5) is 2.77. The van der Waals surface area contributed by atoms with Gasteiger partial charge < -0.3 is 5.32 Å². The van der Waals surface area contributed by atoms with Crippen molar-refractivity contribution in [2.24, 2.45) is 11.3 Å². The average molecular weight is 238 g/mol. The van der Waals surface area contributed by atoms with E-state index < -0.39 is 0 Å². The lowest BCUT2D eigenvalue weighted by Crippen LogP contribution is -2.54. The maximum Gasteiger partial charge on any atom is 0.0156 e. The molecule has 17 heavy (non-hydrogen) atoms. The highest BCUT2D eigenvalue weighted by Gasteiger charge is 2.52. The van der Waals surface area contributed by atoms with Crippen molar-refractivity contribution < 1.29 is 0 Å². The first-order chi connectivity index (χ1) is 7.97. The largest absolute Gasteiger partial charge is 0.314 e. The molecule has 0 spiro atoms. The highest BCUT2D eigenvalue weighted by Crippen LogP contribution is 2.50. The first-order valence-corrected chi connectivity index (χ1v) is 7.46. The van der Waals surface area contributed by atoms with Crippen molar-refractivity contribution in [2.75, 3.05) is 13.1 Å². The first-order valence-electron chi connectivity index (χ1n) is 7.46. The zero-order valence-electron chi connectivity index (χ0n) is 12.3. The van der Waals surface area contributed by atoms with Gasteiger partial charge in [-0.05, 0) is 44.1 Å². The summed E-state index contributed by atoms with van der Waals surface area (Å²) < 4.78 is 0. The van der Waals surface area contributed by atoms with Crippen molar-refractivity contribution in [3.63, 3.8) is 0 Å². The van der Waals surface area contributed by atoms with E-state index in [1.54, 1.807) is 0 Å². The van der Waals surface area contributed by atoms with E-state index in [4.69, 9.17) is 0 Å². The van der Waals surface area contributed by atoms with Crippen LogP contribution in [-0.2, 0) is 0 Å². The van der Waals surface area contributed by atoms with Crippen LogP contribution in [0.5, 0.6) is 0 Å². The fourth-order valence-corrected chi connectivity index (χ4v) is 3.46. The van der Waals surface area contributed by atoms with Crippen LogP contribution >= 0.6 is 0 Å². The van der Waals surface area contributed by atoms with Crippen molar-refractivity contribution in [1.29, 1.82) is 0 Å². The van der Waals surface area contributed by atoms with Crippen LogP contribution in [0.15, 0.2) is 0 Å². The van der Waals surface area contributed by atoms with Crippen molar-refractivity contribution in [1.82, 2.24) is 10.2 Å². The Bertz CT molecular complexity index is 262. The fraction of sp³-hybridized carbons (Fsp3) is 1.00. The average Bonchev–Trinajstić information content (AvgIpc) is 2.90. The smallest absolute Gasteiger partial charge is 0.0156 e. The topological polar surface area (TPSA) is 15.3 Å². The van der Waals surface area contributed by atoms with E-state index in [2.05, 4.69) is 44.8 Å². The SMILES string of the molecule is CCCNC1CCN(C2CC2(C)C)C(C)C1C. The fourth-order valence-electron chi connectivity index (χ4n) is 3.46. The molecule has 1 saturated heterocycles. The summed E-state index contributed by atoms with van der Waals surface area (Å²) in [5.41, 5.74) is 0.581. The Morgan fingerprint density at radius 1 is 1.29 bits per heavy atom. The van der Waals surface area contributed by atoms with Crippen molar-refractivity contribution >= 4 is 0 Å². The van der Waals surface area contributed by atoms with Crippen LogP contribution in [0, 0.1) is 11.3 Å². The Labute approximate surface area is 107 Å². The highest BCUT2D eigenvalue weighted by atomic mass is 15.2. The Balaban J connectivity index is 1.90. The van der Waals surface area contributed by atoms with Gasteiger partial charge in [0.05, 0.1) is 0 Å². The van der Waals surface area contributed by atoms with Gasteiger partial charge in [-0.2, -0.15) is 0 Å². The summed E-state index contributed by atoms with van der Waals surface area (Å²) in [6.45, 7) is 14.4. The second-order valence-corrected chi connectivity index (χ2v) is 6.90. The maximum atomic E-state index is 3.73. The number of nitrogens with one attached hydrogen (secondary N) is 1. The van der Waals surface area contributed by atoms with Crippen LogP contribution in [0.3, 0.4) is 0 Å². The molecule has 2 aliphatic rings. The second-order valence-electron chi connectivity index (χ2n) is 6.90. The van der Waals surface area contributed by atoms with Gasteiger partial charge in [0.2, 0.25) is 0 Å². The van der Waals surface area contributed by atoms with Crippen LogP contribution in [0.1, 0.15) is 53.9 Å². The van der Waals surface area contributed by atoms with E-state index in [1.165, 1.54) is 32.4 Å². The van der Waals surface area contributed by atoms with Gasteiger partial charge >= 0.3 is 0 Å². The Kier molecular flexibility index (Phi) is 3.84. The summed E-state index contributed by atoms with van der Waals surface area (Å²) in [6.07, 6.45) is 3.98. The molecule has 1 aliphatic heterocycles. The molecule has 2 nitrogen and oxygen atoms in total. The molecular weight excluding hydrogens is 208 g/mol. The Morgan fingerprint density at radius 2 is 1.94 bits per heavy atom. The monoisotopic (exact) mass is 238 g/mol. The second kappa shape index (κ2) is 4.89. The lowest BCUT2D eigenvalue weighted by Gasteiger charge is -2.44. The summed E-state index contributed by atoms with van der Waals surface area (Å²) in [5, 5.41) is 3.73. The third-order valence-corrected chi connectivity index (χ3v) is 5.14. The lowest BCUT2D eigenvalue weighted by atomic mass is 9.86. The third kappa shape index (κ3) is 2.68. The molecule has 4 atom stereocenters. The van der Waals surface area contributed by atoms with Gasteiger partial charge in [0, 0.05) is 24.7 Å². The van der Waals surface area contributed by atoms with Crippen LogP contribution in [0.4, 0.5) is 0 Å². The van der Waals surface area contributed by atoms with Gasteiger partial charge in [-0.3, -0.25) is 4.90 Å². The number of hydrogen-bond acceptors (Lipinski definition) is 2. The van der Waals surface area contributed by atoms with E-state index in [1.807, 2.05) is 0 Å². The summed E-state index contributed by atoms with van der Waals surface area (Å²) in [6, 6.07) is 2.33. The molecule has 2 rings (SSSR count). The summed E-state index contributed by atoms with van der Waals surface area (Å²) >= 11 is 0. The van der Waals surface area contributed by atoms with E-state index >= 15 is 0 Å². The molecule has 0 aromatic rings. The number of piperidine rings is 1. The molecule has 0 amide bonds. The molecule has 0 aromatic heterocycles. The molecule has 2 fully saturated rings. The quantitative estimate of drug-likeness (QED) is 0.810. The van der Waals surface area contributed by atoms with Gasteiger partial charge in [0.15, 0.2) is 0 Å². The summed E-state index contributed by atoms with van der Waals surface area (Å²) in [5.74, 6) is 0.784. The summed E-state index contributed by atoms with van der Waals surface area (Å²) in [7, 11) is 0. The van der Waals surface area contributed by atoms with Crippen LogP contribution in [0.2, 0.25) is 0 Å². The molecule has 1 aliphatic carbocycles. The van der Waals surface area contributed by atoms with Gasteiger partial charge in [0.25, 0.3) is 0 Å². The molecule has 0 bridgehead atoms. The van der Waals surface area contributed by atoms with Crippen LogP contribution in [0.25, 0.3) is 0 Å². The molecule has 2 heteroatoms. The standard InChI is InChI=1S/C15H30N2/c1-6-8-16-13-7-9-17(12(3)11(13)2)14-10-15(14,4)5/h11-14,16H,6-10H2,1-5H3. The zero-order valence-corrected chi connectivity index (χ0v) is 12.3. The molecular formula is C15H30N2. The zero-order chi connectivity index (χ0) is 12.6. The van der Waals surface area contributed by atoms with Gasteiger partial charge in [-0.25, -0.2) is 0 Å². The van der Waals surface area contributed by atoms with Crippen LogP contribution < -0.4 is 5.32 Å². The molecule has 0 aromatic carbocycles. The number of likely N-dealkylation sites (tertiary alicyclic amines) is 1. The normalized spacial score (nSPS) is 41.5. The molecule has 1 heterocycles. The van der Waals surface area contributed by atoms with E-state index in [-0.39, 0.29) is 0 Å². The number of rotatable bonds is 4. The number of nitrogens with zero attached hydrogens (tertiary/aromatic N) is 1. The molecule has 0 radical (unpaired) electrons. The van der Waals surface area contributed by atoms with Gasteiger partial charge in [0.1, 0.15) is 0 Å². The molecule has 1 N–H and O–H groups in total. The highest BCUT2D eigenvalue weighted by molar-refractivity contribution is 5.06. The van der Waals surface area contributed by atoms with Crippen molar-refractivity contribution in [3.05, 3.63) is 0 Å². The maximum absolute atomic E-state index is 3.73. The number of hydrogen-bond donors (Lipinski definition) is 1. The minimum absolute atomic E-state index is 0.581. The molecule has 100 valence electrons. The Morgan fingerprint density at radius 3 is 2.47 bits per heavy atom. The lowest BCUT2D eigenvalue weighted by molar-refractivity contribution is 0.0679. The first kappa shape index (κ1) is 13.4. The minimum Gasteiger partial charge on any atom is -0.314 e. The molecule has 4 unspecified atom stereocenters. The predicted octanol–water partition coefficient (Wildman–Crippen LogP) is 2.88. The Hall–Kier alpha value is -0.0800. The van der Waals surface area contributed by atoms with Crippen molar-refractivity contribution in [2.45, 2.75) is 72.0 Å². The predicted molar refractivity (Wildman–Crippen MR) is 74.2 cm³/mol. The van der Waals surface area contributed by atoms with Crippen LogP contribution in [-0.4, -0.2) is 36.1 Å². The molecule has 1 saturated carbocycles. The minimum atomic E-state index is 0.581. The van der Waals surface area contributed by atoms with E-state index in [0.29, 0.717) is 5.41 Å².